The number of rotatable bonds is 5. The molecule has 0 radical (unpaired) electrons. The third kappa shape index (κ3) is 3.85. The van der Waals surface area contributed by atoms with E-state index in [-0.39, 0.29) is 24.3 Å². The first-order valence-corrected chi connectivity index (χ1v) is 9.88. The molecule has 4 rings (SSSR count). The van der Waals surface area contributed by atoms with E-state index in [0.29, 0.717) is 19.1 Å². The lowest BCUT2D eigenvalue weighted by Gasteiger charge is -2.31. The van der Waals surface area contributed by atoms with Gasteiger partial charge in [0.25, 0.3) is 5.91 Å². The molecule has 2 bridgehead atoms. The van der Waals surface area contributed by atoms with Crippen LogP contribution in [0.2, 0.25) is 0 Å². The fourth-order valence-corrected chi connectivity index (χ4v) is 5.29. The summed E-state index contributed by atoms with van der Waals surface area (Å²) < 4.78 is 11.4. The highest BCUT2D eigenvalue weighted by atomic mass is 16.7. The first kappa shape index (κ1) is 17.3. The van der Waals surface area contributed by atoms with Gasteiger partial charge in [0.15, 0.2) is 12.4 Å². The van der Waals surface area contributed by atoms with E-state index in [1.54, 1.807) is 0 Å². The molecule has 1 spiro atoms. The Morgan fingerprint density at radius 1 is 1.28 bits per heavy atom. The number of nitrogens with zero attached hydrogens (tertiary/aromatic N) is 1. The van der Waals surface area contributed by atoms with Crippen molar-refractivity contribution in [3.05, 3.63) is 0 Å². The largest absolute Gasteiger partial charge is 0.386 e. The molecule has 1 amide bonds. The van der Waals surface area contributed by atoms with Gasteiger partial charge < -0.3 is 19.6 Å². The van der Waals surface area contributed by atoms with Crippen LogP contribution in [0.4, 0.5) is 0 Å². The summed E-state index contributed by atoms with van der Waals surface area (Å²) in [5.74, 6) is 1.92. The van der Waals surface area contributed by atoms with E-state index in [1.165, 1.54) is 25.7 Å². The van der Waals surface area contributed by atoms with Gasteiger partial charge in [-0.05, 0) is 56.8 Å². The quantitative estimate of drug-likeness (QED) is 0.774. The van der Waals surface area contributed by atoms with Gasteiger partial charge in [-0.15, -0.1) is 0 Å². The third-order valence-electron chi connectivity index (χ3n) is 6.62. The summed E-state index contributed by atoms with van der Waals surface area (Å²) in [6.45, 7) is 3.51. The molecule has 25 heavy (non-hydrogen) atoms. The molecule has 0 unspecified atom stereocenters. The number of oxime groups is 1. The monoisotopic (exact) mass is 350 g/mol. The van der Waals surface area contributed by atoms with Gasteiger partial charge in [-0.3, -0.25) is 4.79 Å². The lowest BCUT2D eigenvalue weighted by atomic mass is 9.84. The van der Waals surface area contributed by atoms with Crippen molar-refractivity contribution < 1.29 is 19.1 Å². The maximum atomic E-state index is 12.1. The van der Waals surface area contributed by atoms with E-state index < -0.39 is 0 Å². The molecule has 3 aliphatic carbocycles. The van der Waals surface area contributed by atoms with Crippen LogP contribution >= 0.6 is 0 Å². The van der Waals surface area contributed by atoms with Crippen LogP contribution in [0.3, 0.4) is 0 Å². The number of hydrogen-bond donors (Lipinski definition) is 1. The Labute approximate surface area is 149 Å². The van der Waals surface area contributed by atoms with Crippen LogP contribution in [-0.2, 0) is 19.1 Å². The summed E-state index contributed by atoms with van der Waals surface area (Å²) in [6.07, 6.45) is 8.64. The molecule has 0 aromatic heterocycles. The van der Waals surface area contributed by atoms with Gasteiger partial charge >= 0.3 is 0 Å². The zero-order chi connectivity index (χ0) is 17.3. The molecule has 140 valence electrons. The van der Waals surface area contributed by atoms with Gasteiger partial charge in [-0.25, -0.2) is 0 Å². The summed E-state index contributed by atoms with van der Waals surface area (Å²) in [5, 5.41) is 7.28. The summed E-state index contributed by atoms with van der Waals surface area (Å²) in [7, 11) is 0. The lowest BCUT2D eigenvalue weighted by molar-refractivity contribution is -0.168. The van der Waals surface area contributed by atoms with Crippen LogP contribution in [0.15, 0.2) is 5.16 Å². The zero-order valence-corrected chi connectivity index (χ0v) is 15.2. The standard InChI is InChI=1S/C19H30N2O4/c1-13(17-11-14-2-3-15(17)10-14)20-18(22)12-25-21-16-4-6-19(7-5-16)23-8-9-24-19/h13-15,17H,2-12H2,1H3,(H,20,22)/t13-,14+,15+,17+/m1/s1. The molecule has 6 heteroatoms. The van der Waals surface area contributed by atoms with Crippen molar-refractivity contribution in [1.82, 2.24) is 5.32 Å². The minimum Gasteiger partial charge on any atom is -0.386 e. The molecule has 1 aliphatic heterocycles. The van der Waals surface area contributed by atoms with Crippen molar-refractivity contribution >= 4 is 11.6 Å². The van der Waals surface area contributed by atoms with E-state index in [4.69, 9.17) is 14.3 Å². The molecule has 4 atom stereocenters. The van der Waals surface area contributed by atoms with Crippen molar-refractivity contribution in [2.75, 3.05) is 19.8 Å². The van der Waals surface area contributed by atoms with Crippen LogP contribution in [-0.4, -0.2) is 43.3 Å². The smallest absolute Gasteiger partial charge is 0.260 e. The van der Waals surface area contributed by atoms with Crippen molar-refractivity contribution in [2.45, 2.75) is 70.1 Å². The predicted octanol–water partition coefficient (Wildman–Crippen LogP) is 2.62. The minimum absolute atomic E-state index is 0.00674. The average Bonchev–Trinajstić information content (AvgIpc) is 3.34. The lowest BCUT2D eigenvalue weighted by Crippen LogP contribution is -2.41. The number of nitrogens with one attached hydrogen (secondary N) is 1. The molecule has 3 saturated carbocycles. The summed E-state index contributed by atoms with van der Waals surface area (Å²) in [4.78, 5) is 17.4. The van der Waals surface area contributed by atoms with Gasteiger partial charge in [0.2, 0.25) is 0 Å². The van der Waals surface area contributed by atoms with E-state index in [1.807, 2.05) is 0 Å². The van der Waals surface area contributed by atoms with Crippen molar-refractivity contribution in [3.63, 3.8) is 0 Å². The van der Waals surface area contributed by atoms with Crippen molar-refractivity contribution in [3.8, 4) is 0 Å². The Morgan fingerprint density at radius 2 is 2.04 bits per heavy atom. The van der Waals surface area contributed by atoms with Crippen LogP contribution in [0.1, 0.15) is 58.3 Å². The van der Waals surface area contributed by atoms with Gasteiger partial charge in [-0.2, -0.15) is 0 Å². The summed E-state index contributed by atoms with van der Waals surface area (Å²) >= 11 is 0. The second-order valence-electron chi connectivity index (χ2n) is 8.23. The fourth-order valence-electron chi connectivity index (χ4n) is 5.29. The highest BCUT2D eigenvalue weighted by Gasteiger charge is 2.42. The molecule has 1 N–H and O–H groups in total. The topological polar surface area (TPSA) is 69.2 Å². The number of carbonyl (C=O) groups is 1. The Balaban J connectivity index is 1.16. The maximum Gasteiger partial charge on any atom is 0.260 e. The molecular weight excluding hydrogens is 320 g/mol. The number of fused-ring (bicyclic) bond motifs is 2. The maximum absolute atomic E-state index is 12.1. The van der Waals surface area contributed by atoms with E-state index in [0.717, 1.165) is 43.2 Å². The predicted molar refractivity (Wildman–Crippen MR) is 93.0 cm³/mol. The van der Waals surface area contributed by atoms with Crippen molar-refractivity contribution in [2.24, 2.45) is 22.9 Å². The second-order valence-corrected chi connectivity index (χ2v) is 8.23. The van der Waals surface area contributed by atoms with Crippen LogP contribution in [0.5, 0.6) is 0 Å². The van der Waals surface area contributed by atoms with Gasteiger partial charge in [0.05, 0.1) is 18.9 Å². The Kier molecular flexibility index (Phi) is 5.00. The summed E-state index contributed by atoms with van der Waals surface area (Å²) in [6, 6.07) is 0.241. The van der Waals surface area contributed by atoms with E-state index in [9.17, 15) is 4.79 Å². The molecule has 4 aliphatic rings. The van der Waals surface area contributed by atoms with Crippen molar-refractivity contribution in [1.29, 1.82) is 0 Å². The first-order valence-electron chi connectivity index (χ1n) is 9.88. The number of hydrogen-bond acceptors (Lipinski definition) is 5. The molecule has 4 fully saturated rings. The molecular formula is C19H30N2O4. The summed E-state index contributed by atoms with van der Waals surface area (Å²) in [5.41, 5.74) is 0.999. The Bertz CT molecular complexity index is 518. The Hall–Kier alpha value is -1.14. The highest BCUT2D eigenvalue weighted by Crippen LogP contribution is 2.49. The van der Waals surface area contributed by atoms with Gasteiger partial charge in [0.1, 0.15) is 0 Å². The number of carbonyl (C=O) groups excluding carboxylic acids is 1. The minimum atomic E-state index is -0.382. The molecule has 1 heterocycles. The average molecular weight is 350 g/mol. The zero-order valence-electron chi connectivity index (χ0n) is 15.2. The normalized spacial score (nSPS) is 34.3. The molecule has 0 aromatic rings. The Morgan fingerprint density at radius 3 is 2.68 bits per heavy atom. The fraction of sp³-hybridized carbons (Fsp3) is 0.895. The van der Waals surface area contributed by atoms with Crippen LogP contribution in [0.25, 0.3) is 0 Å². The van der Waals surface area contributed by atoms with E-state index >= 15 is 0 Å². The van der Waals surface area contributed by atoms with Crippen LogP contribution in [0, 0.1) is 17.8 Å². The van der Waals surface area contributed by atoms with Crippen LogP contribution < -0.4 is 5.32 Å². The molecule has 1 saturated heterocycles. The molecule has 6 nitrogen and oxygen atoms in total. The second kappa shape index (κ2) is 7.23. The SMILES string of the molecule is C[C@@H](NC(=O)CON=C1CCC2(CC1)OCCO2)[C@@H]1C[C@H]2CC[C@H]1C2. The highest BCUT2D eigenvalue weighted by molar-refractivity contribution is 5.85. The third-order valence-corrected chi connectivity index (χ3v) is 6.62. The number of ether oxygens (including phenoxy) is 2. The van der Waals surface area contributed by atoms with Gasteiger partial charge in [0, 0.05) is 18.9 Å². The number of amides is 1. The first-order chi connectivity index (χ1) is 12.1. The van der Waals surface area contributed by atoms with E-state index in [2.05, 4.69) is 17.4 Å². The molecule has 0 aromatic carbocycles. The van der Waals surface area contributed by atoms with Gasteiger partial charge in [-0.1, -0.05) is 11.6 Å².